The molecule has 92 heavy (non-hydrogen) atoms. The van der Waals surface area contributed by atoms with Gasteiger partial charge in [0, 0.05) is 73.0 Å². The quantitative estimate of drug-likeness (QED) is 0.0669. The van der Waals surface area contributed by atoms with Gasteiger partial charge in [-0.15, -0.1) is 0 Å². The second kappa shape index (κ2) is 25.7. The fraction of sp³-hybridized carbons (Fsp3) is 0.450. The molecule has 6 aliphatic heterocycles. The lowest BCUT2D eigenvalue weighted by Gasteiger charge is -2.29. The van der Waals surface area contributed by atoms with E-state index in [1.807, 2.05) is 72.8 Å². The van der Waals surface area contributed by atoms with Gasteiger partial charge < -0.3 is 73.8 Å². The Bertz CT molecular complexity index is 3740. The van der Waals surface area contributed by atoms with Gasteiger partial charge in [0.2, 0.25) is 0 Å². The molecule has 32 heteroatoms. The Kier molecular flexibility index (Phi) is 16.9. The average molecular weight is 1280 g/mol. The third-order valence-corrected chi connectivity index (χ3v) is 19.0. The Labute approximate surface area is 523 Å². The molecule has 0 radical (unpaired) electrons. The van der Waals surface area contributed by atoms with Crippen molar-refractivity contribution in [2.75, 3.05) is 113 Å². The molecule has 12 heterocycles. The minimum Gasteiger partial charge on any atom is -0.387 e. The smallest absolute Gasteiger partial charge is 0.387 e. The number of aliphatic hydroxyl groups excluding tert-OH is 6. The second-order valence-corrected chi connectivity index (χ2v) is 24.7. The number of aromatic nitrogens is 12. The number of morpholine rings is 3. The number of phosphoric ester groups is 1. The van der Waals surface area contributed by atoms with Gasteiger partial charge in [0.1, 0.15) is 108 Å². The van der Waals surface area contributed by atoms with Crippen molar-refractivity contribution in [2.24, 2.45) is 0 Å². The van der Waals surface area contributed by atoms with Gasteiger partial charge in [-0.1, -0.05) is 36.4 Å². The van der Waals surface area contributed by atoms with E-state index >= 15 is 4.57 Å². The Morgan fingerprint density at radius 2 is 0.696 bits per heavy atom. The Morgan fingerprint density at radius 3 is 0.989 bits per heavy atom. The first-order valence-electron chi connectivity index (χ1n) is 30.4. The zero-order valence-corrected chi connectivity index (χ0v) is 50.2. The van der Waals surface area contributed by atoms with Gasteiger partial charge >= 0.3 is 7.82 Å². The summed E-state index contributed by atoms with van der Waals surface area (Å²) >= 11 is 0. The molecular weight excluding hydrogens is 1220 g/mol. The molecule has 0 aliphatic carbocycles. The van der Waals surface area contributed by atoms with Crippen molar-refractivity contribution in [3.8, 4) is 33.8 Å². The van der Waals surface area contributed by atoms with E-state index in [9.17, 15) is 30.6 Å². The maximum absolute atomic E-state index is 15.2. The highest BCUT2D eigenvalue weighted by atomic mass is 31.2. The maximum atomic E-state index is 15.2. The van der Waals surface area contributed by atoms with Crippen LogP contribution in [0.15, 0.2) is 111 Å². The molecule has 0 amide bonds. The van der Waals surface area contributed by atoms with Crippen molar-refractivity contribution in [3.05, 3.63) is 111 Å². The van der Waals surface area contributed by atoms with Gasteiger partial charge in [0.25, 0.3) is 0 Å². The number of imidazole rings is 3. The first kappa shape index (κ1) is 60.6. The Hall–Kier alpha value is -7.66. The standard InChI is InChI=1S/C60H66N15O16P/c76-49-40(89-58(52(49)79)73-31-67-46-43(61-28-64-55(46)73)34-4-1-7-37(22-34)70-10-16-83-17-11-70)25-86-92(82,87-26-41-50(77)53(80)59(90-41)74-32-68-47-44(62-29-65-56(47)74)35-5-2-8-38(23-35)71-12-18-84-19-13-71)88-27-42-51(78)54(81)60(91-42)75-33-69-48-45(63-30-66-57(48)75)36-6-3-9-39(24-36)72-14-20-85-21-15-72/h1-9,22-24,28-33,40-42,49-54,58-60,76-81H,10-21,25-27H2/t40-,41-,42-,49-,50-,51-,52-,53-,54-,58-,59-,60-/m1/s1. The van der Waals surface area contributed by atoms with Gasteiger partial charge in [-0.25, -0.2) is 49.4 Å². The van der Waals surface area contributed by atoms with Crippen LogP contribution in [0.3, 0.4) is 0 Å². The van der Waals surface area contributed by atoms with E-state index in [1.54, 1.807) is 0 Å². The van der Waals surface area contributed by atoms with Crippen LogP contribution in [0.5, 0.6) is 0 Å². The van der Waals surface area contributed by atoms with Crippen molar-refractivity contribution in [2.45, 2.75) is 73.6 Å². The number of anilines is 3. The van der Waals surface area contributed by atoms with Crippen molar-refractivity contribution < 1.29 is 77.2 Å². The first-order valence-corrected chi connectivity index (χ1v) is 31.8. The molecule has 0 bridgehead atoms. The number of aliphatic hydroxyl groups is 6. The number of phosphoric acid groups is 1. The van der Waals surface area contributed by atoms with Crippen LogP contribution in [0.2, 0.25) is 0 Å². The summed E-state index contributed by atoms with van der Waals surface area (Å²) in [6.45, 7) is 5.81. The average Bonchev–Trinajstić information content (AvgIpc) is 1.63. The van der Waals surface area contributed by atoms with Crippen LogP contribution in [0.4, 0.5) is 17.1 Å². The molecule has 482 valence electrons. The third kappa shape index (κ3) is 11.5. The van der Waals surface area contributed by atoms with Crippen LogP contribution >= 0.6 is 7.82 Å². The summed E-state index contributed by atoms with van der Waals surface area (Å²) in [4.78, 5) is 47.7. The van der Waals surface area contributed by atoms with E-state index in [2.05, 4.69) is 59.6 Å². The topological polar surface area (TPSA) is 362 Å². The molecule has 6 N–H and O–H groups in total. The highest BCUT2D eigenvalue weighted by Crippen LogP contribution is 2.52. The van der Waals surface area contributed by atoms with Crippen LogP contribution in [0, 0.1) is 0 Å². The predicted molar refractivity (Wildman–Crippen MR) is 325 cm³/mol. The minimum absolute atomic E-state index is 0.282. The number of benzene rings is 3. The summed E-state index contributed by atoms with van der Waals surface area (Å²) in [5, 5.41) is 69.6. The molecule has 31 nitrogen and oxygen atoms in total. The monoisotopic (exact) mass is 1280 g/mol. The van der Waals surface area contributed by atoms with Gasteiger partial charge in [-0.05, 0) is 36.4 Å². The summed E-state index contributed by atoms with van der Waals surface area (Å²) in [6, 6.07) is 23.6. The molecule has 9 aromatic rings. The van der Waals surface area contributed by atoms with E-state index in [1.165, 1.54) is 51.7 Å². The summed E-state index contributed by atoms with van der Waals surface area (Å²) in [5.41, 5.74) is 8.83. The van der Waals surface area contributed by atoms with Gasteiger partial charge in [-0.3, -0.25) is 27.3 Å². The number of rotatable bonds is 18. The molecule has 6 fully saturated rings. The van der Waals surface area contributed by atoms with Crippen LogP contribution in [0.1, 0.15) is 18.7 Å². The molecule has 0 unspecified atom stereocenters. The van der Waals surface area contributed by atoms with Crippen LogP contribution in [-0.2, 0) is 46.6 Å². The SMILES string of the molecule is O=P(OC[C@H]1O[C@@H](n2cnc3c(-c4cccc(N5CCOCC5)c4)ncnc32)[C@H](O)[C@@H]1O)(OC[C@H]1O[C@@H](n2cnc3c(-c4cccc(N5CCOCC5)c4)ncnc32)[C@H](O)[C@@H]1O)OC[C@H]1O[C@@H](n2cnc3c(-c4cccc(N5CCOCC5)c4)ncnc32)[C@H](O)[C@@H]1O. The molecule has 6 aromatic heterocycles. The molecule has 15 rings (SSSR count). The summed E-state index contributed by atoms with van der Waals surface area (Å²) < 4.78 is 72.9. The number of ether oxygens (including phenoxy) is 6. The number of nitrogens with zero attached hydrogens (tertiary/aromatic N) is 15. The molecular formula is C60H66N15O16P. The van der Waals surface area contributed by atoms with Gasteiger partial charge in [0.15, 0.2) is 35.6 Å². The maximum Gasteiger partial charge on any atom is 0.475 e. The zero-order valence-electron chi connectivity index (χ0n) is 49.3. The van der Waals surface area contributed by atoms with Crippen LogP contribution in [0.25, 0.3) is 67.3 Å². The molecule has 12 atom stereocenters. The molecule has 6 saturated heterocycles. The van der Waals surface area contributed by atoms with Gasteiger partial charge in [0.05, 0.1) is 78.4 Å². The summed E-state index contributed by atoms with van der Waals surface area (Å²) in [6.07, 6.45) is -9.54. The Balaban J connectivity index is 0.671. The van der Waals surface area contributed by atoms with E-state index in [0.29, 0.717) is 73.3 Å². The summed E-state index contributed by atoms with van der Waals surface area (Å²) in [7, 11) is -5.01. The van der Waals surface area contributed by atoms with E-state index in [0.717, 1.165) is 73.0 Å². The summed E-state index contributed by atoms with van der Waals surface area (Å²) in [5.74, 6) is 0. The van der Waals surface area contributed by atoms with Gasteiger partial charge in [-0.2, -0.15) is 0 Å². The van der Waals surface area contributed by atoms with Crippen molar-refractivity contribution >= 4 is 58.4 Å². The zero-order chi connectivity index (χ0) is 62.6. The molecule has 0 saturated carbocycles. The van der Waals surface area contributed by atoms with E-state index < -0.39 is 101 Å². The number of hydrogen-bond donors (Lipinski definition) is 6. The number of hydrogen-bond acceptors (Lipinski definition) is 28. The van der Waals surface area contributed by atoms with Crippen LogP contribution < -0.4 is 14.7 Å². The fourth-order valence-electron chi connectivity index (χ4n) is 12.7. The van der Waals surface area contributed by atoms with Crippen LogP contribution in [-0.4, -0.2) is 243 Å². The van der Waals surface area contributed by atoms with E-state index in [4.69, 9.17) is 42.0 Å². The van der Waals surface area contributed by atoms with Crippen molar-refractivity contribution in [1.29, 1.82) is 0 Å². The lowest BCUT2D eigenvalue weighted by molar-refractivity contribution is -0.0723. The highest BCUT2D eigenvalue weighted by Gasteiger charge is 2.50. The number of fused-ring (bicyclic) bond motifs is 3. The van der Waals surface area contributed by atoms with Crippen molar-refractivity contribution in [3.63, 3.8) is 0 Å². The fourth-order valence-corrected chi connectivity index (χ4v) is 13.9. The lowest BCUT2D eigenvalue weighted by Crippen LogP contribution is -2.36. The minimum atomic E-state index is -5.01. The lowest BCUT2D eigenvalue weighted by atomic mass is 10.1. The Morgan fingerprint density at radius 1 is 0.402 bits per heavy atom. The molecule has 0 spiro atoms. The predicted octanol–water partition coefficient (Wildman–Crippen LogP) is 2.03. The van der Waals surface area contributed by atoms with E-state index in [-0.39, 0.29) is 16.9 Å². The molecule has 3 aromatic carbocycles. The van der Waals surface area contributed by atoms with Crippen molar-refractivity contribution in [1.82, 2.24) is 58.6 Å². The highest BCUT2D eigenvalue weighted by molar-refractivity contribution is 7.48. The third-order valence-electron chi connectivity index (χ3n) is 17.6. The molecule has 6 aliphatic rings. The first-order chi connectivity index (χ1) is 44.9. The normalized spacial score (nSPS) is 27.3. The largest absolute Gasteiger partial charge is 0.475 e. The second-order valence-electron chi connectivity index (χ2n) is 23.1.